The maximum Gasteiger partial charge on any atom is 0.312 e. The van der Waals surface area contributed by atoms with Gasteiger partial charge in [0, 0.05) is 40.9 Å². The van der Waals surface area contributed by atoms with E-state index in [1.807, 2.05) is 17.0 Å². The molecule has 3 heterocycles. The number of esters is 1. The first kappa shape index (κ1) is 27.5. The fourth-order valence-corrected chi connectivity index (χ4v) is 7.56. The molecule has 0 amide bonds. The van der Waals surface area contributed by atoms with Gasteiger partial charge in [-0.2, -0.15) is 5.26 Å². The van der Waals surface area contributed by atoms with Crippen molar-refractivity contribution in [3.63, 3.8) is 0 Å². The Labute approximate surface area is 245 Å². The number of rotatable bonds is 7. The number of carbonyl (C=O) groups excluding carboxylic acids is 1. The van der Waals surface area contributed by atoms with Crippen LogP contribution >= 0.6 is 11.3 Å². The van der Waals surface area contributed by atoms with Gasteiger partial charge in [-0.3, -0.25) is 4.79 Å². The van der Waals surface area contributed by atoms with Crippen LogP contribution in [0.1, 0.15) is 4.88 Å². The van der Waals surface area contributed by atoms with Crippen LogP contribution < -0.4 is 9.64 Å². The van der Waals surface area contributed by atoms with Crippen molar-refractivity contribution in [2.45, 2.75) is 4.90 Å². The van der Waals surface area contributed by atoms with Gasteiger partial charge in [0.15, 0.2) is 0 Å². The summed E-state index contributed by atoms with van der Waals surface area (Å²) < 4.78 is 54.9. The Morgan fingerprint density at radius 1 is 1.05 bits per heavy atom. The molecule has 1 aliphatic rings. The van der Waals surface area contributed by atoms with Crippen LogP contribution in [-0.4, -0.2) is 45.7 Å². The van der Waals surface area contributed by atoms with Crippen molar-refractivity contribution in [2.75, 3.05) is 32.2 Å². The van der Waals surface area contributed by atoms with Crippen LogP contribution in [0.25, 0.3) is 33.3 Å². The number of thiophene rings is 1. The van der Waals surface area contributed by atoms with Gasteiger partial charge >= 0.3 is 5.97 Å². The molecule has 0 unspecified atom stereocenters. The van der Waals surface area contributed by atoms with Gasteiger partial charge in [-0.1, -0.05) is 12.1 Å². The lowest BCUT2D eigenvalue weighted by atomic mass is 9.96. The van der Waals surface area contributed by atoms with E-state index in [1.165, 1.54) is 59.9 Å². The molecule has 0 bridgehead atoms. The maximum atomic E-state index is 14.8. The quantitative estimate of drug-likeness (QED) is 0.214. The predicted octanol–water partition coefficient (Wildman–Crippen LogP) is 5.90. The molecule has 1 fully saturated rings. The number of methoxy groups -OCH3 is 2. The zero-order chi connectivity index (χ0) is 29.6. The van der Waals surface area contributed by atoms with Gasteiger partial charge in [0.05, 0.1) is 36.2 Å². The van der Waals surface area contributed by atoms with Crippen LogP contribution in [0, 0.1) is 23.1 Å². The number of anilines is 1. The van der Waals surface area contributed by atoms with Crippen molar-refractivity contribution in [2.24, 2.45) is 5.92 Å². The van der Waals surface area contributed by atoms with Crippen molar-refractivity contribution < 1.29 is 27.1 Å². The SMILES string of the molecule is COC(=O)C1CN(c2cccc(-c3c(-c4ccsc4C#N)c4cc(F)ccc4n3S(=O)(=O)c3ccc(OC)cc3)c2)C1. The number of carbonyl (C=O) groups is 1. The van der Waals surface area contributed by atoms with Crippen molar-refractivity contribution >= 4 is 43.9 Å². The molecule has 0 N–H and O–H groups in total. The molecule has 0 saturated carbocycles. The Balaban J connectivity index is 1.63. The van der Waals surface area contributed by atoms with Crippen molar-refractivity contribution in [1.29, 1.82) is 5.26 Å². The average Bonchev–Trinajstić information content (AvgIpc) is 3.58. The average molecular weight is 602 g/mol. The van der Waals surface area contributed by atoms with Gasteiger partial charge < -0.3 is 14.4 Å². The predicted molar refractivity (Wildman–Crippen MR) is 159 cm³/mol. The summed E-state index contributed by atoms with van der Waals surface area (Å²) in [6, 6.07) is 21.3. The summed E-state index contributed by atoms with van der Waals surface area (Å²) in [5, 5.41) is 12.0. The molecule has 2 aromatic heterocycles. The molecule has 42 heavy (non-hydrogen) atoms. The standard InChI is InChI=1S/C31H24FN3O5S2/c1-39-23-7-9-24(10-8-23)42(37,38)35-27-11-6-21(32)15-26(27)29(25-12-13-41-28(25)16-33)30(35)19-4-3-5-22(14-19)34-17-20(18-34)31(36)40-2/h3-15,20H,17-18H2,1-2H3. The minimum absolute atomic E-state index is 0.0166. The third-order valence-corrected chi connectivity index (χ3v) is 9.97. The number of hydrogen-bond acceptors (Lipinski definition) is 8. The second-order valence-corrected chi connectivity index (χ2v) is 12.5. The molecule has 0 spiro atoms. The smallest absolute Gasteiger partial charge is 0.312 e. The van der Waals surface area contributed by atoms with E-state index < -0.39 is 15.8 Å². The molecule has 8 nitrogen and oxygen atoms in total. The van der Waals surface area contributed by atoms with E-state index in [-0.39, 0.29) is 22.3 Å². The van der Waals surface area contributed by atoms with Crippen LogP contribution in [0.15, 0.2) is 83.1 Å². The lowest BCUT2D eigenvalue weighted by Crippen LogP contribution is -2.50. The molecule has 212 valence electrons. The van der Waals surface area contributed by atoms with Gasteiger partial charge in [-0.15, -0.1) is 11.3 Å². The first-order valence-electron chi connectivity index (χ1n) is 12.9. The molecule has 1 aliphatic heterocycles. The maximum absolute atomic E-state index is 14.8. The number of nitrogens with zero attached hydrogens (tertiary/aromatic N) is 3. The highest BCUT2D eigenvalue weighted by Crippen LogP contribution is 2.46. The third kappa shape index (κ3) is 4.49. The van der Waals surface area contributed by atoms with Crippen molar-refractivity contribution in [3.05, 3.63) is 88.9 Å². The summed E-state index contributed by atoms with van der Waals surface area (Å²) in [5.41, 5.74) is 2.85. The molecule has 5 aromatic rings. The molecule has 0 radical (unpaired) electrons. The zero-order valence-corrected chi connectivity index (χ0v) is 24.2. The van der Waals surface area contributed by atoms with Crippen LogP contribution in [0.4, 0.5) is 10.1 Å². The largest absolute Gasteiger partial charge is 0.497 e. The highest BCUT2D eigenvalue weighted by atomic mass is 32.2. The minimum Gasteiger partial charge on any atom is -0.497 e. The highest BCUT2D eigenvalue weighted by Gasteiger charge is 2.35. The van der Waals surface area contributed by atoms with Crippen molar-refractivity contribution in [3.8, 4) is 34.2 Å². The van der Waals surface area contributed by atoms with E-state index in [0.717, 1.165) is 5.69 Å². The second-order valence-electron chi connectivity index (χ2n) is 9.78. The summed E-state index contributed by atoms with van der Waals surface area (Å²) >= 11 is 1.22. The normalized spacial score (nSPS) is 13.5. The van der Waals surface area contributed by atoms with E-state index in [1.54, 1.807) is 35.7 Å². The second kappa shape index (κ2) is 10.6. The van der Waals surface area contributed by atoms with Crippen LogP contribution in [-0.2, 0) is 19.6 Å². The Kier molecular flexibility index (Phi) is 6.96. The van der Waals surface area contributed by atoms with E-state index in [0.29, 0.717) is 51.5 Å². The number of hydrogen-bond donors (Lipinski definition) is 0. The minimum atomic E-state index is -4.24. The van der Waals surface area contributed by atoms with E-state index in [2.05, 4.69) is 6.07 Å². The lowest BCUT2D eigenvalue weighted by Gasteiger charge is -2.39. The summed E-state index contributed by atoms with van der Waals surface area (Å²) in [6.45, 7) is 0.925. The Bertz CT molecular complexity index is 1990. The first-order chi connectivity index (χ1) is 20.3. The van der Waals surface area contributed by atoms with E-state index in [4.69, 9.17) is 9.47 Å². The van der Waals surface area contributed by atoms with Gasteiger partial charge in [-0.05, 0) is 66.0 Å². The number of nitriles is 1. The Hall–Kier alpha value is -4.66. The van der Waals surface area contributed by atoms with Crippen LogP contribution in [0.2, 0.25) is 0 Å². The fourth-order valence-electron chi connectivity index (χ4n) is 5.32. The molecular formula is C31H24FN3O5S2. The molecule has 3 aromatic carbocycles. The number of benzene rings is 3. The van der Waals surface area contributed by atoms with Gasteiger partial charge in [0.25, 0.3) is 10.0 Å². The Morgan fingerprint density at radius 2 is 1.81 bits per heavy atom. The van der Waals surface area contributed by atoms with Crippen molar-refractivity contribution in [1.82, 2.24) is 3.97 Å². The van der Waals surface area contributed by atoms with Gasteiger partial charge in [0.1, 0.15) is 22.5 Å². The number of fused-ring (bicyclic) bond motifs is 1. The monoisotopic (exact) mass is 601 g/mol. The molecule has 0 aliphatic carbocycles. The fraction of sp³-hybridized carbons (Fsp3) is 0.161. The zero-order valence-electron chi connectivity index (χ0n) is 22.6. The first-order valence-corrected chi connectivity index (χ1v) is 15.2. The summed E-state index contributed by atoms with van der Waals surface area (Å²) in [6.07, 6.45) is 0. The number of halogens is 1. The summed E-state index contributed by atoms with van der Waals surface area (Å²) in [5.74, 6) is -0.563. The van der Waals surface area contributed by atoms with Gasteiger partial charge in [0.2, 0.25) is 0 Å². The molecule has 1 saturated heterocycles. The van der Waals surface area contributed by atoms with Crippen LogP contribution in [0.3, 0.4) is 0 Å². The summed E-state index contributed by atoms with van der Waals surface area (Å²) in [4.78, 5) is 14.4. The molecule has 11 heteroatoms. The topological polar surface area (TPSA) is 102 Å². The van der Waals surface area contributed by atoms with E-state index >= 15 is 0 Å². The number of ether oxygens (including phenoxy) is 2. The Morgan fingerprint density at radius 3 is 2.50 bits per heavy atom. The molecule has 6 rings (SSSR count). The molecule has 0 atom stereocenters. The lowest BCUT2D eigenvalue weighted by molar-refractivity contribution is -0.146. The van der Waals surface area contributed by atoms with Gasteiger partial charge in [-0.25, -0.2) is 16.8 Å². The summed E-state index contributed by atoms with van der Waals surface area (Å²) in [7, 11) is -1.38. The van der Waals surface area contributed by atoms with E-state index in [9.17, 15) is 22.9 Å². The molecular weight excluding hydrogens is 577 g/mol. The third-order valence-electron chi connectivity index (χ3n) is 7.42. The highest BCUT2D eigenvalue weighted by molar-refractivity contribution is 7.90. The number of aromatic nitrogens is 1. The van der Waals surface area contributed by atoms with Crippen LogP contribution in [0.5, 0.6) is 5.75 Å².